The minimum absolute atomic E-state index is 0.139. The number of urea groups is 1. The Hall–Kier alpha value is -2.37. The molecule has 1 aromatic rings. The first-order chi connectivity index (χ1) is 10.2. The van der Waals surface area contributed by atoms with Crippen molar-refractivity contribution >= 4 is 17.8 Å². The lowest BCUT2D eigenvalue weighted by atomic mass is 9.85. The van der Waals surface area contributed by atoms with Crippen LogP contribution < -0.4 is 16.0 Å². The molecule has 1 atom stereocenters. The van der Waals surface area contributed by atoms with Crippen LogP contribution in [0, 0.1) is 0 Å². The number of hydrogen-bond donors (Lipinski definition) is 3. The molecule has 118 valence electrons. The van der Waals surface area contributed by atoms with E-state index in [1.807, 2.05) is 26.8 Å². The van der Waals surface area contributed by atoms with Crippen molar-refractivity contribution in [1.82, 2.24) is 16.0 Å². The summed E-state index contributed by atoms with van der Waals surface area (Å²) in [5, 5.41) is 7.78. The molecule has 1 unspecified atom stereocenters. The molecule has 1 aromatic carbocycles. The molecule has 3 N–H and O–H groups in total. The maximum Gasteiger partial charge on any atom is 0.322 e. The number of carbonyl (C=O) groups excluding carboxylic acids is 3. The van der Waals surface area contributed by atoms with Gasteiger partial charge >= 0.3 is 6.03 Å². The molecule has 0 saturated carbocycles. The van der Waals surface area contributed by atoms with Gasteiger partial charge in [-0.25, -0.2) is 4.79 Å². The predicted molar refractivity (Wildman–Crippen MR) is 81.9 cm³/mol. The Kier molecular flexibility index (Phi) is 4.21. The van der Waals surface area contributed by atoms with Crippen molar-refractivity contribution in [2.24, 2.45) is 0 Å². The van der Waals surface area contributed by atoms with Crippen molar-refractivity contribution in [2.75, 3.05) is 0 Å². The summed E-state index contributed by atoms with van der Waals surface area (Å²) in [5.41, 5.74) is -0.854. The summed E-state index contributed by atoms with van der Waals surface area (Å²) in [6.07, 6.45) is 0.344. The number of imide groups is 1. The van der Waals surface area contributed by atoms with Gasteiger partial charge in [0.25, 0.3) is 5.91 Å². The quantitative estimate of drug-likeness (QED) is 0.735. The molecule has 1 saturated heterocycles. The van der Waals surface area contributed by atoms with Crippen LogP contribution in [0.1, 0.15) is 39.2 Å². The van der Waals surface area contributed by atoms with Gasteiger partial charge in [0.2, 0.25) is 5.91 Å². The molecular formula is C16H21N3O3. The number of amides is 4. The summed E-state index contributed by atoms with van der Waals surface area (Å²) in [7, 11) is 0. The first-order valence-corrected chi connectivity index (χ1v) is 7.23. The molecular weight excluding hydrogens is 282 g/mol. The van der Waals surface area contributed by atoms with E-state index < -0.39 is 17.5 Å². The van der Waals surface area contributed by atoms with E-state index in [0.717, 1.165) is 0 Å². The third-order valence-electron chi connectivity index (χ3n) is 3.45. The van der Waals surface area contributed by atoms with E-state index >= 15 is 0 Å². The number of carbonyl (C=O) groups is 3. The fourth-order valence-electron chi connectivity index (χ4n) is 2.52. The van der Waals surface area contributed by atoms with Gasteiger partial charge in [0.1, 0.15) is 5.54 Å². The van der Waals surface area contributed by atoms with Gasteiger partial charge in [0.15, 0.2) is 0 Å². The Morgan fingerprint density at radius 2 is 1.82 bits per heavy atom. The van der Waals surface area contributed by atoms with Gasteiger partial charge in [-0.3, -0.25) is 14.9 Å². The summed E-state index contributed by atoms with van der Waals surface area (Å²) in [6.45, 7) is 5.67. The normalized spacial score (nSPS) is 21.2. The largest absolute Gasteiger partial charge is 0.352 e. The third-order valence-corrected chi connectivity index (χ3v) is 3.45. The second-order valence-corrected chi connectivity index (χ2v) is 6.48. The molecule has 4 amide bonds. The van der Waals surface area contributed by atoms with Crippen molar-refractivity contribution in [3.05, 3.63) is 35.9 Å². The van der Waals surface area contributed by atoms with Crippen LogP contribution in [-0.4, -0.2) is 23.4 Å². The monoisotopic (exact) mass is 303 g/mol. The van der Waals surface area contributed by atoms with Crippen molar-refractivity contribution < 1.29 is 14.4 Å². The Balaban J connectivity index is 2.19. The molecule has 0 bridgehead atoms. The Labute approximate surface area is 129 Å². The molecule has 0 radical (unpaired) electrons. The minimum atomic E-state index is -1.19. The zero-order valence-electron chi connectivity index (χ0n) is 13.0. The lowest BCUT2D eigenvalue weighted by molar-refractivity contribution is -0.126. The molecule has 0 aromatic heterocycles. The zero-order chi connectivity index (χ0) is 16.4. The van der Waals surface area contributed by atoms with Crippen molar-refractivity contribution in [2.45, 2.75) is 44.7 Å². The molecule has 6 heteroatoms. The topological polar surface area (TPSA) is 87.3 Å². The first kappa shape index (κ1) is 16.0. The van der Waals surface area contributed by atoms with Gasteiger partial charge in [-0.1, -0.05) is 30.3 Å². The predicted octanol–water partition coefficient (Wildman–Crippen LogP) is 1.42. The van der Waals surface area contributed by atoms with Gasteiger partial charge in [0, 0.05) is 12.0 Å². The summed E-state index contributed by atoms with van der Waals surface area (Å²) in [5.74, 6) is -0.580. The molecule has 0 aliphatic carbocycles. The summed E-state index contributed by atoms with van der Waals surface area (Å²) >= 11 is 0. The zero-order valence-corrected chi connectivity index (χ0v) is 13.0. The second kappa shape index (κ2) is 5.79. The molecule has 0 spiro atoms. The maximum absolute atomic E-state index is 12.3. The Bertz CT molecular complexity index is 592. The van der Waals surface area contributed by atoms with Crippen LogP contribution >= 0.6 is 0 Å². The van der Waals surface area contributed by atoms with Crippen LogP contribution in [0.2, 0.25) is 0 Å². The van der Waals surface area contributed by atoms with E-state index in [1.54, 1.807) is 24.3 Å². The Morgan fingerprint density at radius 1 is 1.18 bits per heavy atom. The molecule has 2 rings (SSSR count). The molecule has 1 fully saturated rings. The van der Waals surface area contributed by atoms with Gasteiger partial charge in [-0.2, -0.15) is 0 Å². The van der Waals surface area contributed by atoms with E-state index in [4.69, 9.17) is 0 Å². The number of benzene rings is 1. The van der Waals surface area contributed by atoms with Crippen LogP contribution in [0.4, 0.5) is 4.79 Å². The lowest BCUT2D eigenvalue weighted by Crippen LogP contribution is -2.46. The van der Waals surface area contributed by atoms with Crippen LogP contribution in [0.5, 0.6) is 0 Å². The number of nitrogens with one attached hydrogen (secondary N) is 3. The highest BCUT2D eigenvalue weighted by Gasteiger charge is 2.47. The minimum Gasteiger partial charge on any atom is -0.352 e. The molecule has 1 aliphatic rings. The number of hydrogen-bond acceptors (Lipinski definition) is 3. The van der Waals surface area contributed by atoms with Crippen molar-refractivity contribution in [3.63, 3.8) is 0 Å². The lowest BCUT2D eigenvalue weighted by Gasteiger charge is -2.27. The highest BCUT2D eigenvalue weighted by Crippen LogP contribution is 2.30. The first-order valence-electron chi connectivity index (χ1n) is 7.23. The Morgan fingerprint density at radius 3 is 2.32 bits per heavy atom. The molecule has 6 nitrogen and oxygen atoms in total. The average molecular weight is 303 g/mol. The molecule has 22 heavy (non-hydrogen) atoms. The van der Waals surface area contributed by atoms with E-state index in [0.29, 0.717) is 5.56 Å². The van der Waals surface area contributed by atoms with Crippen LogP contribution in [-0.2, 0) is 15.1 Å². The van der Waals surface area contributed by atoms with Crippen LogP contribution in [0.3, 0.4) is 0 Å². The molecule has 1 aliphatic heterocycles. The highest BCUT2D eigenvalue weighted by atomic mass is 16.2. The average Bonchev–Trinajstić information content (AvgIpc) is 2.71. The van der Waals surface area contributed by atoms with Crippen molar-refractivity contribution in [1.29, 1.82) is 0 Å². The fourth-order valence-corrected chi connectivity index (χ4v) is 2.52. The summed E-state index contributed by atoms with van der Waals surface area (Å²) in [4.78, 5) is 35.9. The standard InChI is InChI=1S/C16H21N3O3/c1-15(2,3)18-12(20)9-10-16(11-7-5-4-6-8-11)13(21)17-14(22)19-16/h4-8H,9-10H2,1-3H3,(H,18,20)(H2,17,19,21,22). The fraction of sp³-hybridized carbons (Fsp3) is 0.438. The van der Waals surface area contributed by atoms with E-state index in [2.05, 4.69) is 16.0 Å². The second-order valence-electron chi connectivity index (χ2n) is 6.48. The van der Waals surface area contributed by atoms with E-state index in [9.17, 15) is 14.4 Å². The van der Waals surface area contributed by atoms with Crippen LogP contribution in [0.15, 0.2) is 30.3 Å². The smallest absolute Gasteiger partial charge is 0.322 e. The molecule has 1 heterocycles. The van der Waals surface area contributed by atoms with Gasteiger partial charge in [-0.15, -0.1) is 0 Å². The SMILES string of the molecule is CC(C)(C)NC(=O)CCC1(c2ccccc2)NC(=O)NC1=O. The van der Waals surface area contributed by atoms with Crippen molar-refractivity contribution in [3.8, 4) is 0 Å². The van der Waals surface area contributed by atoms with Crippen LogP contribution in [0.25, 0.3) is 0 Å². The highest BCUT2D eigenvalue weighted by molar-refractivity contribution is 6.07. The van der Waals surface area contributed by atoms with Gasteiger partial charge in [0.05, 0.1) is 0 Å². The number of rotatable bonds is 4. The van der Waals surface area contributed by atoms with Gasteiger partial charge in [-0.05, 0) is 32.8 Å². The van der Waals surface area contributed by atoms with E-state index in [-0.39, 0.29) is 24.3 Å². The van der Waals surface area contributed by atoms with E-state index in [1.165, 1.54) is 0 Å². The summed E-state index contributed by atoms with van der Waals surface area (Å²) in [6, 6.07) is 8.43. The maximum atomic E-state index is 12.3. The third kappa shape index (κ3) is 3.44. The van der Waals surface area contributed by atoms with Gasteiger partial charge < -0.3 is 10.6 Å². The summed E-state index contributed by atoms with van der Waals surface area (Å²) < 4.78 is 0.